The Bertz CT molecular complexity index is 583. The first-order chi connectivity index (χ1) is 9.01. The van der Waals surface area contributed by atoms with Crippen LogP contribution in [0.2, 0.25) is 5.02 Å². The minimum atomic E-state index is 0.123. The highest BCUT2D eigenvalue weighted by Gasteiger charge is 2.14. The van der Waals surface area contributed by atoms with E-state index in [4.69, 9.17) is 17.3 Å². The van der Waals surface area contributed by atoms with Gasteiger partial charge in [0.15, 0.2) is 0 Å². The number of thiophene rings is 1. The molecule has 0 aliphatic heterocycles. The van der Waals surface area contributed by atoms with Gasteiger partial charge in [0.1, 0.15) is 0 Å². The first kappa shape index (κ1) is 14.9. The van der Waals surface area contributed by atoms with Gasteiger partial charge in [-0.2, -0.15) is 0 Å². The van der Waals surface area contributed by atoms with E-state index in [-0.39, 0.29) is 6.04 Å². The molecule has 1 aromatic carbocycles. The van der Waals surface area contributed by atoms with Gasteiger partial charge in [-0.1, -0.05) is 11.6 Å². The van der Waals surface area contributed by atoms with Gasteiger partial charge in [0.05, 0.1) is 11.1 Å². The van der Waals surface area contributed by atoms with Crippen molar-refractivity contribution in [3.05, 3.63) is 49.1 Å². The molecule has 2 aromatic rings. The van der Waals surface area contributed by atoms with Crippen molar-refractivity contribution in [3.8, 4) is 0 Å². The first-order valence-corrected chi connectivity index (χ1v) is 7.98. The van der Waals surface area contributed by atoms with Crippen molar-refractivity contribution in [2.24, 2.45) is 5.73 Å². The zero-order valence-corrected chi connectivity index (χ0v) is 14.0. The number of hydrogen-bond donors (Lipinski definition) is 2. The summed E-state index contributed by atoms with van der Waals surface area (Å²) in [5.41, 5.74) is 8.19. The van der Waals surface area contributed by atoms with E-state index in [0.29, 0.717) is 11.6 Å². The lowest BCUT2D eigenvalue weighted by molar-refractivity contribution is 0.788. The maximum absolute atomic E-state index is 6.00. The minimum Gasteiger partial charge on any atom is -0.377 e. The Kier molecular flexibility index (Phi) is 4.90. The summed E-state index contributed by atoms with van der Waals surface area (Å²) in [6, 6.07) is 8.13. The van der Waals surface area contributed by atoms with Crippen LogP contribution in [0.1, 0.15) is 21.4 Å². The van der Waals surface area contributed by atoms with Crippen LogP contribution in [0.4, 0.5) is 5.69 Å². The topological polar surface area (TPSA) is 38.0 Å². The number of halogens is 2. The van der Waals surface area contributed by atoms with E-state index < -0.39 is 0 Å². The van der Waals surface area contributed by atoms with E-state index in [2.05, 4.69) is 41.2 Å². The second kappa shape index (κ2) is 6.27. The lowest BCUT2D eigenvalue weighted by atomic mass is 10.1. The molecule has 2 nitrogen and oxygen atoms in total. The van der Waals surface area contributed by atoms with Crippen molar-refractivity contribution >= 4 is 44.6 Å². The van der Waals surface area contributed by atoms with Gasteiger partial charge in [-0.15, -0.1) is 11.3 Å². The van der Waals surface area contributed by atoms with Crippen LogP contribution in [0.3, 0.4) is 0 Å². The van der Waals surface area contributed by atoms with Crippen molar-refractivity contribution in [1.29, 1.82) is 0 Å². The van der Waals surface area contributed by atoms with Gasteiger partial charge in [0.2, 0.25) is 0 Å². The zero-order valence-electron chi connectivity index (χ0n) is 10.8. The Morgan fingerprint density at radius 1 is 1.37 bits per heavy atom. The molecule has 0 saturated carbocycles. The molecule has 19 heavy (non-hydrogen) atoms. The Morgan fingerprint density at radius 2 is 2.11 bits per heavy atom. The minimum absolute atomic E-state index is 0.123. The van der Waals surface area contributed by atoms with E-state index in [9.17, 15) is 0 Å². The number of rotatable bonds is 4. The summed E-state index contributed by atoms with van der Waals surface area (Å²) in [6.45, 7) is 4.81. The number of aryl methyl sites for hydroxylation is 2. The molecule has 1 aromatic heterocycles. The molecule has 5 heteroatoms. The third-order valence-corrected chi connectivity index (χ3v) is 5.15. The van der Waals surface area contributed by atoms with Crippen molar-refractivity contribution in [1.82, 2.24) is 0 Å². The molecule has 0 spiro atoms. The van der Waals surface area contributed by atoms with Crippen molar-refractivity contribution in [2.45, 2.75) is 19.9 Å². The van der Waals surface area contributed by atoms with E-state index in [0.717, 1.165) is 10.2 Å². The second-order valence-electron chi connectivity index (χ2n) is 4.43. The molecule has 1 unspecified atom stereocenters. The highest BCUT2D eigenvalue weighted by Crippen LogP contribution is 2.31. The summed E-state index contributed by atoms with van der Waals surface area (Å²) < 4.78 is 0.883. The van der Waals surface area contributed by atoms with Gasteiger partial charge < -0.3 is 11.1 Å². The maximum atomic E-state index is 6.00. The van der Waals surface area contributed by atoms with Crippen molar-refractivity contribution < 1.29 is 0 Å². The fourth-order valence-corrected chi connectivity index (χ4v) is 3.53. The van der Waals surface area contributed by atoms with Gasteiger partial charge in [0.25, 0.3) is 0 Å². The Morgan fingerprint density at radius 3 is 2.63 bits per heavy atom. The standard InChI is InChI=1S/C14H16BrClN2S/c1-8-5-11(9(2)19-8)14(7-17)18-10-3-4-13(16)12(15)6-10/h3-6,14,18H,7,17H2,1-2H3. The molecule has 3 N–H and O–H groups in total. The molecule has 102 valence electrons. The van der Waals surface area contributed by atoms with E-state index >= 15 is 0 Å². The normalized spacial score (nSPS) is 12.5. The van der Waals surface area contributed by atoms with Crippen LogP contribution < -0.4 is 11.1 Å². The van der Waals surface area contributed by atoms with Crippen LogP contribution >= 0.6 is 38.9 Å². The fourth-order valence-electron chi connectivity index (χ4n) is 2.05. The average Bonchev–Trinajstić information content (AvgIpc) is 2.70. The molecule has 1 atom stereocenters. The van der Waals surface area contributed by atoms with E-state index in [1.165, 1.54) is 15.3 Å². The van der Waals surface area contributed by atoms with E-state index in [1.807, 2.05) is 18.2 Å². The molecule has 1 heterocycles. The first-order valence-electron chi connectivity index (χ1n) is 6.00. The monoisotopic (exact) mass is 358 g/mol. The highest BCUT2D eigenvalue weighted by molar-refractivity contribution is 9.10. The predicted molar refractivity (Wildman–Crippen MR) is 88.4 cm³/mol. The van der Waals surface area contributed by atoms with E-state index in [1.54, 1.807) is 11.3 Å². The van der Waals surface area contributed by atoms with Crippen LogP contribution in [0.25, 0.3) is 0 Å². The molecule has 0 amide bonds. The van der Waals surface area contributed by atoms with Crippen molar-refractivity contribution in [3.63, 3.8) is 0 Å². The van der Waals surface area contributed by atoms with Crippen LogP contribution in [0.5, 0.6) is 0 Å². The maximum Gasteiger partial charge on any atom is 0.0647 e. The van der Waals surface area contributed by atoms with Gasteiger partial charge in [-0.3, -0.25) is 0 Å². The number of benzene rings is 1. The van der Waals surface area contributed by atoms with Gasteiger partial charge in [0, 0.05) is 26.5 Å². The molecular weight excluding hydrogens is 344 g/mol. The molecule has 0 radical (unpaired) electrons. The number of nitrogens with one attached hydrogen (secondary N) is 1. The third kappa shape index (κ3) is 3.51. The summed E-state index contributed by atoms with van der Waals surface area (Å²) in [5, 5.41) is 4.17. The molecule has 0 aliphatic rings. The molecular formula is C14H16BrClN2S. The Balaban J connectivity index is 2.23. The summed E-state index contributed by atoms with van der Waals surface area (Å²) >= 11 is 11.2. The number of hydrogen-bond acceptors (Lipinski definition) is 3. The smallest absolute Gasteiger partial charge is 0.0647 e. The van der Waals surface area contributed by atoms with Gasteiger partial charge in [-0.25, -0.2) is 0 Å². The van der Waals surface area contributed by atoms with Crippen molar-refractivity contribution in [2.75, 3.05) is 11.9 Å². The van der Waals surface area contributed by atoms with Crippen LogP contribution in [-0.2, 0) is 0 Å². The van der Waals surface area contributed by atoms with Crippen LogP contribution in [-0.4, -0.2) is 6.54 Å². The number of anilines is 1. The zero-order chi connectivity index (χ0) is 14.0. The second-order valence-corrected chi connectivity index (χ2v) is 7.15. The fraction of sp³-hybridized carbons (Fsp3) is 0.286. The third-order valence-electron chi connectivity index (χ3n) is 2.95. The van der Waals surface area contributed by atoms with Gasteiger partial charge in [-0.05, 0) is 59.6 Å². The Labute approximate surface area is 131 Å². The average molecular weight is 360 g/mol. The lowest BCUT2D eigenvalue weighted by Crippen LogP contribution is -2.20. The highest BCUT2D eigenvalue weighted by atomic mass is 79.9. The summed E-state index contributed by atoms with van der Waals surface area (Å²) in [4.78, 5) is 2.62. The molecule has 0 saturated heterocycles. The van der Waals surface area contributed by atoms with Crippen LogP contribution in [0, 0.1) is 13.8 Å². The van der Waals surface area contributed by atoms with Gasteiger partial charge >= 0.3 is 0 Å². The molecule has 0 aliphatic carbocycles. The molecule has 0 bridgehead atoms. The summed E-state index contributed by atoms with van der Waals surface area (Å²) in [7, 11) is 0. The summed E-state index contributed by atoms with van der Waals surface area (Å²) in [5.74, 6) is 0. The Hall–Kier alpha value is -0.550. The quantitative estimate of drug-likeness (QED) is 0.815. The predicted octanol–water partition coefficient (Wildman–Crippen LogP) is 4.89. The van der Waals surface area contributed by atoms with Crippen LogP contribution in [0.15, 0.2) is 28.7 Å². The molecule has 0 fully saturated rings. The lowest BCUT2D eigenvalue weighted by Gasteiger charge is -2.18. The molecule has 2 rings (SSSR count). The largest absolute Gasteiger partial charge is 0.377 e. The SMILES string of the molecule is Cc1cc(C(CN)Nc2ccc(Cl)c(Br)c2)c(C)s1. The number of nitrogens with two attached hydrogens (primary N) is 1. The summed E-state index contributed by atoms with van der Waals surface area (Å²) in [6.07, 6.45) is 0.